The van der Waals surface area contributed by atoms with Gasteiger partial charge in [0.25, 0.3) is 0 Å². The summed E-state index contributed by atoms with van der Waals surface area (Å²) in [6.07, 6.45) is 1.72. The maximum Gasteiger partial charge on any atom is 0.332 e. The van der Waals surface area contributed by atoms with Crippen LogP contribution in [-0.2, 0) is 33.3 Å². The summed E-state index contributed by atoms with van der Waals surface area (Å²) in [4.78, 5) is 22.7. The molecule has 7 nitrogen and oxygen atoms in total. The average Bonchev–Trinajstić information content (AvgIpc) is 2.62. The van der Waals surface area contributed by atoms with Crippen molar-refractivity contribution >= 4 is 11.9 Å². The highest BCUT2D eigenvalue weighted by Crippen LogP contribution is 2.26. The van der Waals surface area contributed by atoms with Gasteiger partial charge in [0, 0.05) is 10.8 Å². The molecule has 0 aliphatic rings. The summed E-state index contributed by atoms with van der Waals surface area (Å²) < 4.78 is 26.7. The number of carbonyl (C=O) groups is 2. The molecule has 0 N–H and O–H groups in total. The third-order valence-corrected chi connectivity index (χ3v) is 4.56. The Labute approximate surface area is 164 Å². The minimum absolute atomic E-state index is 0.0438. The summed E-state index contributed by atoms with van der Waals surface area (Å²) in [7, 11) is 0. The molecule has 0 aliphatic heterocycles. The summed E-state index contributed by atoms with van der Waals surface area (Å²) in [6.45, 7) is 14.3. The Balaban J connectivity index is 4.29. The molecular formula is C20H38O7. The molecule has 2 atom stereocenters. The second-order valence-electron chi connectivity index (χ2n) is 7.42. The predicted molar refractivity (Wildman–Crippen MR) is 103 cm³/mol. The second-order valence-corrected chi connectivity index (χ2v) is 7.42. The minimum Gasteiger partial charge on any atom is -0.464 e. The highest BCUT2D eigenvalue weighted by molar-refractivity contribution is 5.70. The third-order valence-electron chi connectivity index (χ3n) is 4.56. The number of rotatable bonds is 16. The highest BCUT2D eigenvalue weighted by atomic mass is 16.6. The Hall–Kier alpha value is -1.18. The average molecular weight is 391 g/mol. The van der Waals surface area contributed by atoms with E-state index in [1.165, 1.54) is 0 Å². The molecule has 2 unspecified atom stereocenters. The predicted octanol–water partition coefficient (Wildman–Crippen LogP) is 3.00. The lowest BCUT2D eigenvalue weighted by Crippen LogP contribution is -2.34. The molecule has 0 radical (unpaired) electrons. The van der Waals surface area contributed by atoms with Gasteiger partial charge < -0.3 is 23.7 Å². The van der Waals surface area contributed by atoms with Crippen LogP contribution in [0, 0.1) is 10.8 Å². The Morgan fingerprint density at radius 1 is 0.630 bits per heavy atom. The molecule has 0 saturated carbocycles. The Morgan fingerprint density at radius 2 is 0.963 bits per heavy atom. The summed E-state index contributed by atoms with van der Waals surface area (Å²) in [5.41, 5.74) is -0.375. The van der Waals surface area contributed by atoms with E-state index in [1.54, 1.807) is 13.8 Å². The van der Waals surface area contributed by atoms with E-state index in [-0.39, 0.29) is 36.0 Å². The molecule has 0 fully saturated rings. The fourth-order valence-corrected chi connectivity index (χ4v) is 2.20. The SMILES string of the molecule is CCOC(=O)COCC(C)(CC)COCC(C)(CC)COCC(=O)OCC. The first-order chi connectivity index (χ1) is 12.7. The van der Waals surface area contributed by atoms with Crippen LogP contribution in [0.1, 0.15) is 54.4 Å². The van der Waals surface area contributed by atoms with Gasteiger partial charge in [0.2, 0.25) is 0 Å². The largest absolute Gasteiger partial charge is 0.464 e. The molecule has 7 heteroatoms. The van der Waals surface area contributed by atoms with Gasteiger partial charge in [-0.1, -0.05) is 27.7 Å². The summed E-state index contributed by atoms with van der Waals surface area (Å²) in [5.74, 6) is -0.705. The van der Waals surface area contributed by atoms with E-state index in [4.69, 9.17) is 23.7 Å². The van der Waals surface area contributed by atoms with Crippen LogP contribution in [0.5, 0.6) is 0 Å². The molecule has 0 heterocycles. The Kier molecular flexibility index (Phi) is 13.3. The van der Waals surface area contributed by atoms with Crippen molar-refractivity contribution < 1.29 is 33.3 Å². The highest BCUT2D eigenvalue weighted by Gasteiger charge is 2.28. The third kappa shape index (κ3) is 12.0. The van der Waals surface area contributed by atoms with Crippen molar-refractivity contribution in [1.29, 1.82) is 0 Å². The fraction of sp³-hybridized carbons (Fsp3) is 0.900. The minimum atomic E-state index is -0.353. The molecule has 0 aromatic carbocycles. The van der Waals surface area contributed by atoms with Crippen molar-refractivity contribution in [3.63, 3.8) is 0 Å². The van der Waals surface area contributed by atoms with Crippen molar-refractivity contribution in [2.45, 2.75) is 54.4 Å². The van der Waals surface area contributed by atoms with Crippen LogP contribution in [-0.4, -0.2) is 64.8 Å². The number of ether oxygens (including phenoxy) is 5. The van der Waals surface area contributed by atoms with Crippen molar-refractivity contribution in [2.24, 2.45) is 10.8 Å². The van der Waals surface area contributed by atoms with Crippen molar-refractivity contribution in [1.82, 2.24) is 0 Å². The second kappa shape index (κ2) is 13.9. The molecule has 0 aromatic rings. The zero-order valence-electron chi connectivity index (χ0n) is 17.9. The smallest absolute Gasteiger partial charge is 0.332 e. The summed E-state index contributed by atoms with van der Waals surface area (Å²) >= 11 is 0. The van der Waals surface area contributed by atoms with E-state index in [0.717, 1.165) is 12.8 Å². The van der Waals surface area contributed by atoms with Gasteiger partial charge in [-0.3, -0.25) is 0 Å². The molecule has 160 valence electrons. The van der Waals surface area contributed by atoms with Gasteiger partial charge in [-0.2, -0.15) is 0 Å². The molecule has 0 rings (SSSR count). The molecule has 0 saturated heterocycles. The fourth-order valence-electron chi connectivity index (χ4n) is 2.20. The van der Waals surface area contributed by atoms with Crippen LogP contribution in [0.4, 0.5) is 0 Å². The normalized spacial score (nSPS) is 15.6. The van der Waals surface area contributed by atoms with Gasteiger partial charge in [0.15, 0.2) is 0 Å². The van der Waals surface area contributed by atoms with E-state index >= 15 is 0 Å². The van der Waals surface area contributed by atoms with Crippen LogP contribution >= 0.6 is 0 Å². The Bertz CT molecular complexity index is 389. The number of hydrogen-bond donors (Lipinski definition) is 0. The zero-order valence-corrected chi connectivity index (χ0v) is 17.9. The van der Waals surface area contributed by atoms with Crippen LogP contribution < -0.4 is 0 Å². The first-order valence-electron chi connectivity index (χ1n) is 9.78. The first kappa shape index (κ1) is 25.8. The lowest BCUT2D eigenvalue weighted by Gasteiger charge is -2.32. The van der Waals surface area contributed by atoms with Crippen molar-refractivity contribution in [3.05, 3.63) is 0 Å². The number of hydrogen-bond acceptors (Lipinski definition) is 7. The van der Waals surface area contributed by atoms with Crippen LogP contribution in [0.25, 0.3) is 0 Å². The van der Waals surface area contributed by atoms with Gasteiger partial charge in [-0.05, 0) is 26.7 Å². The van der Waals surface area contributed by atoms with Gasteiger partial charge in [0.05, 0.1) is 39.6 Å². The first-order valence-corrected chi connectivity index (χ1v) is 9.78. The van der Waals surface area contributed by atoms with E-state index in [1.807, 2.05) is 0 Å². The maximum atomic E-state index is 11.4. The van der Waals surface area contributed by atoms with E-state index in [9.17, 15) is 9.59 Å². The molecule has 0 bridgehead atoms. The molecule has 0 aliphatic carbocycles. The quantitative estimate of drug-likeness (QED) is 0.375. The van der Waals surface area contributed by atoms with E-state index in [2.05, 4.69) is 27.7 Å². The monoisotopic (exact) mass is 390 g/mol. The van der Waals surface area contributed by atoms with Crippen molar-refractivity contribution in [2.75, 3.05) is 52.9 Å². The molecule has 0 spiro atoms. The van der Waals surface area contributed by atoms with E-state index in [0.29, 0.717) is 39.6 Å². The lowest BCUT2D eigenvalue weighted by atomic mass is 9.88. The number of esters is 2. The zero-order chi connectivity index (χ0) is 20.8. The van der Waals surface area contributed by atoms with Crippen molar-refractivity contribution in [3.8, 4) is 0 Å². The number of carbonyl (C=O) groups excluding carboxylic acids is 2. The molecule has 27 heavy (non-hydrogen) atoms. The van der Waals surface area contributed by atoms with Crippen LogP contribution in [0.15, 0.2) is 0 Å². The molecular weight excluding hydrogens is 352 g/mol. The molecule has 0 aromatic heterocycles. The van der Waals surface area contributed by atoms with Gasteiger partial charge >= 0.3 is 11.9 Å². The van der Waals surface area contributed by atoms with Crippen LogP contribution in [0.3, 0.4) is 0 Å². The van der Waals surface area contributed by atoms with Gasteiger partial charge in [0.1, 0.15) is 13.2 Å². The van der Waals surface area contributed by atoms with Crippen LogP contribution in [0.2, 0.25) is 0 Å². The molecule has 0 amide bonds. The topological polar surface area (TPSA) is 80.3 Å². The van der Waals surface area contributed by atoms with Gasteiger partial charge in [-0.25, -0.2) is 9.59 Å². The lowest BCUT2D eigenvalue weighted by molar-refractivity contribution is -0.150. The van der Waals surface area contributed by atoms with E-state index < -0.39 is 0 Å². The standard InChI is InChI=1S/C20H38O7/c1-7-19(5,13-23-11-17(21)26-9-3)15-25-16-20(6,8-2)14-24-12-18(22)27-10-4/h7-16H2,1-6H3. The summed E-state index contributed by atoms with van der Waals surface area (Å²) in [5, 5.41) is 0. The Morgan fingerprint density at radius 3 is 1.26 bits per heavy atom. The maximum absolute atomic E-state index is 11.4. The summed E-state index contributed by atoms with van der Waals surface area (Å²) in [6, 6.07) is 0. The van der Waals surface area contributed by atoms with Gasteiger partial charge in [-0.15, -0.1) is 0 Å².